The van der Waals surface area contributed by atoms with Crippen molar-refractivity contribution in [3.8, 4) is 0 Å². The topological polar surface area (TPSA) is 67.1 Å². The molecule has 0 aliphatic carbocycles. The highest BCUT2D eigenvalue weighted by molar-refractivity contribution is 5.40. The third-order valence-corrected chi connectivity index (χ3v) is 2.23. The average molecular weight is 223 g/mol. The Kier molecular flexibility index (Phi) is 5.56. The lowest BCUT2D eigenvalue weighted by molar-refractivity contribution is 0.706. The first-order chi connectivity index (χ1) is 7.74. The van der Waals surface area contributed by atoms with E-state index in [4.69, 9.17) is 5.73 Å². The summed E-state index contributed by atoms with van der Waals surface area (Å²) in [5.41, 5.74) is 5.43. The zero-order valence-corrected chi connectivity index (χ0v) is 10.1. The highest BCUT2D eigenvalue weighted by Crippen LogP contribution is 2.07. The van der Waals surface area contributed by atoms with Crippen molar-refractivity contribution in [1.82, 2.24) is 9.97 Å². The molecule has 0 radical (unpaired) electrons. The van der Waals surface area contributed by atoms with Gasteiger partial charge in [-0.05, 0) is 25.5 Å². The van der Waals surface area contributed by atoms with Crippen LogP contribution in [0.4, 0.5) is 11.8 Å². The van der Waals surface area contributed by atoms with Gasteiger partial charge in [-0.3, -0.25) is 0 Å². The van der Waals surface area contributed by atoms with Gasteiger partial charge in [-0.15, -0.1) is 0 Å². The molecule has 5 nitrogen and oxygen atoms in total. The number of unbranched alkanes of at least 4 members (excludes halogenated alkanes) is 2. The molecule has 1 heterocycles. The number of aromatic nitrogens is 2. The second-order valence-corrected chi connectivity index (χ2v) is 3.91. The molecule has 3 N–H and O–H groups in total. The molecule has 0 saturated heterocycles. The molecule has 0 saturated carbocycles. The molecule has 0 amide bonds. The van der Waals surface area contributed by atoms with Gasteiger partial charge in [0, 0.05) is 26.8 Å². The van der Waals surface area contributed by atoms with Gasteiger partial charge in [0.1, 0.15) is 5.82 Å². The largest absolute Gasteiger partial charge is 0.370 e. The lowest BCUT2D eigenvalue weighted by Crippen LogP contribution is -2.14. The van der Waals surface area contributed by atoms with Crippen molar-refractivity contribution in [3.63, 3.8) is 0 Å². The van der Waals surface area contributed by atoms with E-state index in [0.717, 1.165) is 44.1 Å². The Hall–Kier alpha value is -1.36. The summed E-state index contributed by atoms with van der Waals surface area (Å²) >= 11 is 0. The van der Waals surface area contributed by atoms with Gasteiger partial charge in [-0.1, -0.05) is 6.42 Å². The molecule has 0 aliphatic heterocycles. The number of anilines is 2. The van der Waals surface area contributed by atoms with Crippen LogP contribution in [0.3, 0.4) is 0 Å². The number of hydrogen-bond donors (Lipinski definition) is 2. The maximum atomic E-state index is 5.43. The molecule has 0 unspecified atom stereocenters. The van der Waals surface area contributed by atoms with Crippen LogP contribution < -0.4 is 16.0 Å². The minimum Gasteiger partial charge on any atom is -0.370 e. The maximum Gasteiger partial charge on any atom is 0.226 e. The van der Waals surface area contributed by atoms with Crippen molar-refractivity contribution in [2.45, 2.75) is 19.3 Å². The number of nitrogens with zero attached hydrogens (tertiary/aromatic N) is 3. The number of rotatable bonds is 7. The second kappa shape index (κ2) is 7.00. The third kappa shape index (κ3) is 4.44. The van der Waals surface area contributed by atoms with Gasteiger partial charge in [0.25, 0.3) is 0 Å². The van der Waals surface area contributed by atoms with Crippen LogP contribution >= 0.6 is 0 Å². The summed E-state index contributed by atoms with van der Waals surface area (Å²) in [6.07, 6.45) is 5.15. The van der Waals surface area contributed by atoms with Crippen LogP contribution in [0.15, 0.2) is 12.3 Å². The molecule has 0 aromatic carbocycles. The molecule has 0 aliphatic rings. The van der Waals surface area contributed by atoms with E-state index in [1.807, 2.05) is 25.1 Å². The normalized spacial score (nSPS) is 10.2. The monoisotopic (exact) mass is 223 g/mol. The maximum absolute atomic E-state index is 5.43. The summed E-state index contributed by atoms with van der Waals surface area (Å²) in [5, 5.41) is 3.28. The van der Waals surface area contributed by atoms with E-state index in [0.29, 0.717) is 0 Å². The van der Waals surface area contributed by atoms with Crippen LogP contribution in [0.5, 0.6) is 0 Å². The molecule has 0 fully saturated rings. The Bertz CT molecular complexity index is 300. The van der Waals surface area contributed by atoms with Gasteiger partial charge in [-0.25, -0.2) is 4.98 Å². The van der Waals surface area contributed by atoms with Crippen molar-refractivity contribution in [3.05, 3.63) is 12.3 Å². The standard InChI is InChI=1S/C11H21N5/c1-16(2)11-14-9-6-10(15-11)13-8-5-3-4-7-12/h6,9H,3-5,7-8,12H2,1-2H3,(H,13,14,15). The first-order valence-electron chi connectivity index (χ1n) is 5.68. The Morgan fingerprint density at radius 3 is 2.81 bits per heavy atom. The van der Waals surface area contributed by atoms with Gasteiger partial charge in [-0.2, -0.15) is 4.98 Å². The summed E-state index contributed by atoms with van der Waals surface area (Å²) < 4.78 is 0. The van der Waals surface area contributed by atoms with Crippen molar-refractivity contribution in [2.24, 2.45) is 5.73 Å². The molecule has 0 bridgehead atoms. The fourth-order valence-electron chi connectivity index (χ4n) is 1.32. The fourth-order valence-corrected chi connectivity index (χ4v) is 1.32. The van der Waals surface area contributed by atoms with Gasteiger partial charge >= 0.3 is 0 Å². The van der Waals surface area contributed by atoms with Gasteiger partial charge in [0.15, 0.2) is 0 Å². The summed E-state index contributed by atoms with van der Waals surface area (Å²) in [4.78, 5) is 10.4. The summed E-state index contributed by atoms with van der Waals surface area (Å²) in [5.74, 6) is 1.61. The number of hydrogen-bond acceptors (Lipinski definition) is 5. The molecular weight excluding hydrogens is 202 g/mol. The summed E-state index contributed by atoms with van der Waals surface area (Å²) in [6.45, 7) is 1.71. The molecule has 16 heavy (non-hydrogen) atoms. The smallest absolute Gasteiger partial charge is 0.226 e. The third-order valence-electron chi connectivity index (χ3n) is 2.23. The number of nitrogens with one attached hydrogen (secondary N) is 1. The minimum absolute atomic E-state index is 0.729. The van der Waals surface area contributed by atoms with E-state index in [1.54, 1.807) is 6.20 Å². The van der Waals surface area contributed by atoms with Crippen LogP contribution in [-0.4, -0.2) is 37.2 Å². The predicted molar refractivity (Wildman–Crippen MR) is 67.8 cm³/mol. The average Bonchev–Trinajstić information content (AvgIpc) is 2.29. The quantitative estimate of drug-likeness (QED) is 0.677. The molecule has 90 valence electrons. The van der Waals surface area contributed by atoms with Gasteiger partial charge < -0.3 is 16.0 Å². The highest BCUT2D eigenvalue weighted by atomic mass is 15.2. The van der Waals surface area contributed by atoms with Crippen molar-refractivity contribution in [2.75, 3.05) is 37.4 Å². The SMILES string of the molecule is CN(C)c1nccc(NCCCCCN)n1. The highest BCUT2D eigenvalue weighted by Gasteiger charge is 1.99. The lowest BCUT2D eigenvalue weighted by atomic mass is 10.2. The van der Waals surface area contributed by atoms with E-state index in [2.05, 4.69) is 15.3 Å². The summed E-state index contributed by atoms with van der Waals surface area (Å²) in [6, 6.07) is 1.88. The molecule has 1 aromatic heterocycles. The van der Waals surface area contributed by atoms with Crippen LogP contribution in [0.1, 0.15) is 19.3 Å². The predicted octanol–water partition coefficient (Wildman–Crippen LogP) is 1.08. The van der Waals surface area contributed by atoms with E-state index < -0.39 is 0 Å². The molecular formula is C11H21N5. The van der Waals surface area contributed by atoms with E-state index in [1.165, 1.54) is 0 Å². The molecule has 0 atom stereocenters. The Labute approximate surface area is 97.1 Å². The molecule has 1 aromatic rings. The Morgan fingerprint density at radius 1 is 1.31 bits per heavy atom. The van der Waals surface area contributed by atoms with Crippen LogP contribution in [0.25, 0.3) is 0 Å². The van der Waals surface area contributed by atoms with Crippen LogP contribution in [0, 0.1) is 0 Å². The lowest BCUT2D eigenvalue weighted by Gasteiger charge is -2.11. The van der Waals surface area contributed by atoms with Crippen molar-refractivity contribution >= 4 is 11.8 Å². The Morgan fingerprint density at radius 2 is 2.12 bits per heavy atom. The summed E-state index contributed by atoms with van der Waals surface area (Å²) in [7, 11) is 3.86. The van der Waals surface area contributed by atoms with Crippen LogP contribution in [-0.2, 0) is 0 Å². The first kappa shape index (κ1) is 12.7. The van der Waals surface area contributed by atoms with Gasteiger partial charge in [0.05, 0.1) is 0 Å². The molecule has 1 rings (SSSR count). The van der Waals surface area contributed by atoms with Crippen LogP contribution in [0.2, 0.25) is 0 Å². The van der Waals surface area contributed by atoms with E-state index in [9.17, 15) is 0 Å². The fraction of sp³-hybridized carbons (Fsp3) is 0.636. The van der Waals surface area contributed by atoms with E-state index >= 15 is 0 Å². The van der Waals surface area contributed by atoms with E-state index in [-0.39, 0.29) is 0 Å². The second-order valence-electron chi connectivity index (χ2n) is 3.91. The molecule has 0 spiro atoms. The zero-order valence-electron chi connectivity index (χ0n) is 10.1. The molecule has 5 heteroatoms. The van der Waals surface area contributed by atoms with Crippen molar-refractivity contribution < 1.29 is 0 Å². The minimum atomic E-state index is 0.729. The van der Waals surface area contributed by atoms with Gasteiger partial charge in [0.2, 0.25) is 5.95 Å². The zero-order chi connectivity index (χ0) is 11.8. The van der Waals surface area contributed by atoms with Crippen molar-refractivity contribution in [1.29, 1.82) is 0 Å². The first-order valence-corrected chi connectivity index (χ1v) is 5.68. The number of nitrogens with two attached hydrogens (primary N) is 1. The Balaban J connectivity index is 2.33.